The van der Waals surface area contributed by atoms with E-state index < -0.39 is 0 Å². The molecule has 0 saturated heterocycles. The van der Waals surface area contributed by atoms with Gasteiger partial charge in [-0.15, -0.1) is 0 Å². The minimum absolute atomic E-state index is 0.0527. The molecule has 0 bridgehead atoms. The molecule has 1 aromatic heterocycles. The van der Waals surface area contributed by atoms with E-state index in [1.807, 2.05) is 32.0 Å². The van der Waals surface area contributed by atoms with Crippen LogP contribution in [0.25, 0.3) is 11.0 Å². The normalized spacial score (nSPS) is 12.6. The van der Waals surface area contributed by atoms with Gasteiger partial charge in [0.15, 0.2) is 0 Å². The number of benzene rings is 1. The first-order chi connectivity index (χ1) is 8.11. The first-order valence-electron chi connectivity index (χ1n) is 5.54. The van der Waals surface area contributed by atoms with E-state index in [1.54, 1.807) is 7.05 Å². The molecule has 90 valence electrons. The molecule has 0 aliphatic rings. The Bertz CT molecular complexity index is 546. The summed E-state index contributed by atoms with van der Waals surface area (Å²) in [5.41, 5.74) is 8.07. The Morgan fingerprint density at radius 1 is 1.47 bits per heavy atom. The van der Waals surface area contributed by atoms with Crippen LogP contribution in [0.1, 0.15) is 24.2 Å². The number of H-pyrrole nitrogens is 1. The first-order valence-corrected chi connectivity index (χ1v) is 5.54. The Labute approximate surface area is 99.6 Å². The van der Waals surface area contributed by atoms with Crippen molar-refractivity contribution in [2.75, 3.05) is 7.05 Å². The Balaban J connectivity index is 2.32. The number of hydrogen-bond acceptors (Lipinski definition) is 3. The summed E-state index contributed by atoms with van der Waals surface area (Å²) in [6.07, 6.45) is 0. The highest BCUT2D eigenvalue weighted by atomic mass is 16.2. The number of carbonyl (C=O) groups excluding carboxylic acids is 1. The maximum Gasteiger partial charge on any atom is 0.241 e. The lowest BCUT2D eigenvalue weighted by atomic mass is 10.0. The molecule has 2 aromatic rings. The first kappa shape index (κ1) is 11.6. The number of hydrazine groups is 1. The largest absolute Gasteiger partial charge is 0.342 e. The minimum atomic E-state index is -0.199. The number of rotatable bonds is 3. The van der Waals surface area contributed by atoms with Crippen LogP contribution in [0.2, 0.25) is 0 Å². The molecule has 1 aromatic carbocycles. The smallest absolute Gasteiger partial charge is 0.241 e. The van der Waals surface area contributed by atoms with Crippen LogP contribution in [0.4, 0.5) is 0 Å². The van der Waals surface area contributed by atoms with Crippen LogP contribution in [0.15, 0.2) is 18.2 Å². The van der Waals surface area contributed by atoms with Crippen molar-refractivity contribution in [3.05, 3.63) is 29.6 Å². The van der Waals surface area contributed by atoms with Crippen molar-refractivity contribution in [1.82, 2.24) is 20.8 Å². The van der Waals surface area contributed by atoms with Crippen LogP contribution in [-0.4, -0.2) is 22.9 Å². The maximum absolute atomic E-state index is 11.7. The molecule has 0 spiro atoms. The van der Waals surface area contributed by atoms with Gasteiger partial charge < -0.3 is 4.98 Å². The van der Waals surface area contributed by atoms with Gasteiger partial charge in [-0.05, 0) is 31.5 Å². The van der Waals surface area contributed by atoms with Crippen LogP contribution in [0.3, 0.4) is 0 Å². The van der Waals surface area contributed by atoms with E-state index in [-0.39, 0.29) is 11.8 Å². The number of aromatic amines is 1. The lowest BCUT2D eigenvalue weighted by Gasteiger charge is -2.11. The lowest BCUT2D eigenvalue weighted by molar-refractivity contribution is -0.123. The van der Waals surface area contributed by atoms with Gasteiger partial charge in [0, 0.05) is 7.05 Å². The molecule has 5 heteroatoms. The summed E-state index contributed by atoms with van der Waals surface area (Å²) in [6.45, 7) is 3.79. The molecular formula is C12H16N4O. The van der Waals surface area contributed by atoms with Crippen LogP contribution < -0.4 is 10.9 Å². The van der Waals surface area contributed by atoms with Crippen LogP contribution in [-0.2, 0) is 4.79 Å². The second-order valence-electron chi connectivity index (χ2n) is 4.06. The van der Waals surface area contributed by atoms with Gasteiger partial charge in [-0.25, -0.2) is 10.4 Å². The lowest BCUT2D eigenvalue weighted by Crippen LogP contribution is -2.37. The molecule has 0 radical (unpaired) electrons. The van der Waals surface area contributed by atoms with E-state index >= 15 is 0 Å². The molecular weight excluding hydrogens is 216 g/mol. The van der Waals surface area contributed by atoms with Crippen molar-refractivity contribution >= 4 is 16.9 Å². The van der Waals surface area contributed by atoms with Gasteiger partial charge in [0.2, 0.25) is 5.91 Å². The topological polar surface area (TPSA) is 69.8 Å². The van der Waals surface area contributed by atoms with Crippen molar-refractivity contribution in [2.24, 2.45) is 0 Å². The third kappa shape index (κ3) is 2.29. The number of imidazole rings is 1. The summed E-state index contributed by atoms with van der Waals surface area (Å²) in [4.78, 5) is 19.2. The number of amides is 1. The van der Waals surface area contributed by atoms with Gasteiger partial charge in [0.25, 0.3) is 0 Å². The van der Waals surface area contributed by atoms with Crippen molar-refractivity contribution in [1.29, 1.82) is 0 Å². The maximum atomic E-state index is 11.7. The van der Waals surface area contributed by atoms with E-state index in [9.17, 15) is 4.79 Å². The van der Waals surface area contributed by atoms with Crippen molar-refractivity contribution in [2.45, 2.75) is 19.8 Å². The van der Waals surface area contributed by atoms with E-state index in [1.165, 1.54) is 0 Å². The average molecular weight is 232 g/mol. The van der Waals surface area contributed by atoms with E-state index in [2.05, 4.69) is 20.8 Å². The highest BCUT2D eigenvalue weighted by Crippen LogP contribution is 2.20. The fraction of sp³-hybridized carbons (Fsp3) is 0.333. The van der Waals surface area contributed by atoms with Crippen LogP contribution in [0, 0.1) is 6.92 Å². The van der Waals surface area contributed by atoms with Gasteiger partial charge in [-0.3, -0.25) is 10.2 Å². The van der Waals surface area contributed by atoms with E-state index in [0.29, 0.717) is 0 Å². The third-order valence-electron chi connectivity index (χ3n) is 2.77. The van der Waals surface area contributed by atoms with Gasteiger partial charge in [-0.2, -0.15) is 0 Å². The van der Waals surface area contributed by atoms with Crippen molar-refractivity contribution in [3.8, 4) is 0 Å². The molecule has 0 aliphatic heterocycles. The predicted octanol–water partition coefficient (Wildman–Crippen LogP) is 1.23. The van der Waals surface area contributed by atoms with E-state index in [0.717, 1.165) is 22.4 Å². The summed E-state index contributed by atoms with van der Waals surface area (Å²) in [6, 6.07) is 5.83. The molecule has 1 atom stereocenters. The Hall–Kier alpha value is -1.88. The molecule has 0 aliphatic carbocycles. The van der Waals surface area contributed by atoms with Crippen molar-refractivity contribution < 1.29 is 4.79 Å². The fourth-order valence-corrected chi connectivity index (χ4v) is 1.81. The van der Waals surface area contributed by atoms with E-state index in [4.69, 9.17) is 0 Å². The average Bonchev–Trinajstić information content (AvgIpc) is 2.67. The zero-order valence-corrected chi connectivity index (χ0v) is 10.2. The number of nitrogens with one attached hydrogen (secondary N) is 3. The quantitative estimate of drug-likeness (QED) is 0.697. The standard InChI is InChI=1S/C12H16N4O/c1-7(12(17)16-13-3)9-4-5-10-11(6-9)15-8(2)14-10/h4-7,13H,1-3H3,(H,14,15)(H,16,17). The number of aryl methyl sites for hydroxylation is 1. The monoisotopic (exact) mass is 232 g/mol. The number of aromatic nitrogens is 2. The zero-order chi connectivity index (χ0) is 12.4. The Kier molecular flexibility index (Phi) is 3.10. The van der Waals surface area contributed by atoms with Gasteiger partial charge in [-0.1, -0.05) is 6.07 Å². The Morgan fingerprint density at radius 3 is 2.94 bits per heavy atom. The molecule has 5 nitrogen and oxygen atoms in total. The number of nitrogens with zero attached hydrogens (tertiary/aromatic N) is 1. The van der Waals surface area contributed by atoms with Crippen LogP contribution in [0.5, 0.6) is 0 Å². The summed E-state index contributed by atoms with van der Waals surface area (Å²) < 4.78 is 0. The van der Waals surface area contributed by atoms with Gasteiger partial charge >= 0.3 is 0 Å². The predicted molar refractivity (Wildman–Crippen MR) is 66.4 cm³/mol. The summed E-state index contributed by atoms with van der Waals surface area (Å²) in [7, 11) is 1.67. The molecule has 0 fully saturated rings. The molecule has 0 saturated carbocycles. The SMILES string of the molecule is CNNC(=O)C(C)c1ccc2nc(C)[nH]c2c1. The molecule has 2 rings (SSSR count). The third-order valence-corrected chi connectivity index (χ3v) is 2.77. The highest BCUT2D eigenvalue weighted by Gasteiger charge is 2.15. The van der Waals surface area contributed by atoms with Crippen molar-refractivity contribution in [3.63, 3.8) is 0 Å². The van der Waals surface area contributed by atoms with Gasteiger partial charge in [0.1, 0.15) is 5.82 Å². The second-order valence-corrected chi connectivity index (χ2v) is 4.06. The number of hydrogen-bond donors (Lipinski definition) is 3. The number of fused-ring (bicyclic) bond motifs is 1. The molecule has 1 amide bonds. The summed E-state index contributed by atoms with van der Waals surface area (Å²) >= 11 is 0. The molecule has 3 N–H and O–H groups in total. The summed E-state index contributed by atoms with van der Waals surface area (Å²) in [5, 5.41) is 0. The number of carbonyl (C=O) groups is 1. The molecule has 1 unspecified atom stereocenters. The molecule has 17 heavy (non-hydrogen) atoms. The second kappa shape index (κ2) is 4.55. The minimum Gasteiger partial charge on any atom is -0.342 e. The van der Waals surface area contributed by atoms with Gasteiger partial charge in [0.05, 0.1) is 17.0 Å². The molecule has 1 heterocycles. The zero-order valence-electron chi connectivity index (χ0n) is 10.2. The van der Waals surface area contributed by atoms with Crippen LogP contribution >= 0.6 is 0 Å². The Morgan fingerprint density at radius 2 is 2.24 bits per heavy atom. The fourth-order valence-electron chi connectivity index (χ4n) is 1.81. The highest BCUT2D eigenvalue weighted by molar-refractivity contribution is 5.85. The summed E-state index contributed by atoms with van der Waals surface area (Å²) in [5.74, 6) is 0.628.